The Hall–Kier alpha value is -0.940. The molecule has 1 aromatic carbocycles. The molecular weight excluding hydrogens is 253 g/mol. The molecule has 1 fully saturated rings. The molecule has 0 bridgehead atoms. The smallest absolute Gasteiger partial charge is 0.211 e. The molecule has 0 radical (unpaired) electrons. The lowest BCUT2D eigenvalue weighted by Crippen LogP contribution is -2.25. The summed E-state index contributed by atoms with van der Waals surface area (Å²) < 4.78 is 39.1. The molecule has 0 aromatic heterocycles. The molecule has 0 unspecified atom stereocenters. The Labute approximate surface area is 107 Å². The average molecular weight is 271 g/mol. The largest absolute Gasteiger partial charge is 0.240 e. The van der Waals surface area contributed by atoms with E-state index in [0.29, 0.717) is 12.5 Å². The molecule has 18 heavy (non-hydrogen) atoms. The number of hydrogen-bond donors (Lipinski definition) is 1. The van der Waals surface area contributed by atoms with E-state index >= 15 is 0 Å². The standard InChI is InChI=1S/C13H18FNO2S/c14-12-5-7-13(8-6-12)18(16,17)15-10-9-11-3-1-2-4-11/h5-8,11,15H,1-4,9-10H2. The van der Waals surface area contributed by atoms with E-state index in [4.69, 9.17) is 0 Å². The van der Waals surface area contributed by atoms with Gasteiger partial charge in [0.25, 0.3) is 0 Å². The van der Waals surface area contributed by atoms with Crippen LogP contribution >= 0.6 is 0 Å². The van der Waals surface area contributed by atoms with Crippen molar-refractivity contribution in [1.82, 2.24) is 4.72 Å². The predicted octanol–water partition coefficient (Wildman–Crippen LogP) is 2.68. The highest BCUT2D eigenvalue weighted by Crippen LogP contribution is 2.27. The molecule has 0 amide bonds. The molecule has 1 aromatic rings. The van der Waals surface area contributed by atoms with Gasteiger partial charge in [-0.1, -0.05) is 25.7 Å². The molecule has 2 rings (SSSR count). The van der Waals surface area contributed by atoms with Crippen molar-refractivity contribution in [3.05, 3.63) is 30.1 Å². The molecule has 0 heterocycles. The highest BCUT2D eigenvalue weighted by molar-refractivity contribution is 7.89. The number of sulfonamides is 1. The van der Waals surface area contributed by atoms with Gasteiger partial charge in [0.15, 0.2) is 0 Å². The zero-order valence-corrected chi connectivity index (χ0v) is 11.0. The van der Waals surface area contributed by atoms with Gasteiger partial charge in [0.1, 0.15) is 5.82 Å². The number of halogens is 1. The summed E-state index contributed by atoms with van der Waals surface area (Å²) in [6.45, 7) is 0.463. The molecule has 1 aliphatic carbocycles. The minimum absolute atomic E-state index is 0.121. The van der Waals surface area contributed by atoms with Gasteiger partial charge >= 0.3 is 0 Å². The van der Waals surface area contributed by atoms with Crippen LogP contribution in [0.2, 0.25) is 0 Å². The van der Waals surface area contributed by atoms with Crippen LogP contribution in [0, 0.1) is 11.7 Å². The van der Waals surface area contributed by atoms with Gasteiger partial charge in [-0.05, 0) is 36.6 Å². The van der Waals surface area contributed by atoms with Crippen molar-refractivity contribution in [3.63, 3.8) is 0 Å². The third-order valence-electron chi connectivity index (χ3n) is 3.44. The lowest BCUT2D eigenvalue weighted by Gasteiger charge is -2.10. The molecule has 100 valence electrons. The van der Waals surface area contributed by atoms with Gasteiger partial charge in [-0.2, -0.15) is 0 Å². The fourth-order valence-corrected chi connectivity index (χ4v) is 3.44. The molecule has 3 nitrogen and oxygen atoms in total. The summed E-state index contributed by atoms with van der Waals surface area (Å²) in [6.07, 6.45) is 5.82. The van der Waals surface area contributed by atoms with Crippen LogP contribution in [0.1, 0.15) is 32.1 Å². The van der Waals surface area contributed by atoms with Crippen molar-refractivity contribution in [2.24, 2.45) is 5.92 Å². The lowest BCUT2D eigenvalue weighted by molar-refractivity contribution is 0.495. The Morgan fingerprint density at radius 1 is 1.17 bits per heavy atom. The zero-order valence-electron chi connectivity index (χ0n) is 10.2. The first-order valence-corrected chi connectivity index (χ1v) is 7.81. The van der Waals surface area contributed by atoms with Gasteiger partial charge in [0.2, 0.25) is 10.0 Å². The quantitative estimate of drug-likeness (QED) is 0.895. The van der Waals surface area contributed by atoms with Crippen molar-refractivity contribution >= 4 is 10.0 Å². The van der Waals surface area contributed by atoms with E-state index in [1.807, 2.05) is 0 Å². The predicted molar refractivity (Wildman–Crippen MR) is 68.2 cm³/mol. The summed E-state index contributed by atoms with van der Waals surface area (Å²) in [6, 6.07) is 4.89. The number of rotatable bonds is 5. The summed E-state index contributed by atoms with van der Waals surface area (Å²) in [7, 11) is -3.49. The topological polar surface area (TPSA) is 46.2 Å². The van der Waals surface area contributed by atoms with Crippen LogP contribution in [0.25, 0.3) is 0 Å². The second-order valence-corrected chi connectivity index (χ2v) is 6.56. The SMILES string of the molecule is O=S(=O)(NCCC1CCCC1)c1ccc(F)cc1. The summed E-state index contributed by atoms with van der Waals surface area (Å²) >= 11 is 0. The lowest BCUT2D eigenvalue weighted by atomic mass is 10.1. The normalized spacial score (nSPS) is 17.2. The Balaban J connectivity index is 1.88. The van der Waals surface area contributed by atoms with E-state index in [2.05, 4.69) is 4.72 Å². The second kappa shape index (κ2) is 5.80. The molecule has 5 heteroatoms. The van der Waals surface area contributed by atoms with Crippen molar-refractivity contribution in [3.8, 4) is 0 Å². The Morgan fingerprint density at radius 2 is 1.78 bits per heavy atom. The highest BCUT2D eigenvalue weighted by Gasteiger charge is 2.17. The summed E-state index contributed by atoms with van der Waals surface area (Å²) in [5, 5.41) is 0. The minimum atomic E-state index is -3.49. The van der Waals surface area contributed by atoms with Gasteiger partial charge in [0, 0.05) is 6.54 Å². The average Bonchev–Trinajstić information content (AvgIpc) is 2.82. The number of benzene rings is 1. The van der Waals surface area contributed by atoms with E-state index in [9.17, 15) is 12.8 Å². The van der Waals surface area contributed by atoms with Gasteiger partial charge in [-0.3, -0.25) is 0 Å². The van der Waals surface area contributed by atoms with E-state index < -0.39 is 15.8 Å². The van der Waals surface area contributed by atoms with Crippen molar-refractivity contribution in [2.45, 2.75) is 37.0 Å². The first kappa shape index (κ1) is 13.5. The Morgan fingerprint density at radius 3 is 2.39 bits per heavy atom. The zero-order chi connectivity index (χ0) is 13.0. The maximum Gasteiger partial charge on any atom is 0.240 e. The molecule has 0 saturated heterocycles. The molecular formula is C13H18FNO2S. The Kier molecular flexibility index (Phi) is 4.35. The van der Waals surface area contributed by atoms with E-state index in [0.717, 1.165) is 18.6 Å². The van der Waals surface area contributed by atoms with Crippen LogP contribution in [0.4, 0.5) is 4.39 Å². The second-order valence-electron chi connectivity index (χ2n) is 4.79. The van der Waals surface area contributed by atoms with Crippen LogP contribution in [-0.2, 0) is 10.0 Å². The monoisotopic (exact) mass is 271 g/mol. The number of nitrogens with one attached hydrogen (secondary N) is 1. The highest BCUT2D eigenvalue weighted by atomic mass is 32.2. The van der Waals surface area contributed by atoms with Crippen molar-refractivity contribution in [1.29, 1.82) is 0 Å². The van der Waals surface area contributed by atoms with Crippen LogP contribution in [-0.4, -0.2) is 15.0 Å². The first-order chi connectivity index (χ1) is 8.58. The fraction of sp³-hybridized carbons (Fsp3) is 0.538. The maximum atomic E-state index is 12.7. The Bertz CT molecular complexity index is 478. The minimum Gasteiger partial charge on any atom is -0.211 e. The molecule has 0 atom stereocenters. The first-order valence-electron chi connectivity index (χ1n) is 6.33. The van der Waals surface area contributed by atoms with Gasteiger partial charge in [-0.25, -0.2) is 17.5 Å². The molecule has 1 aliphatic rings. The van der Waals surface area contributed by atoms with Gasteiger partial charge in [-0.15, -0.1) is 0 Å². The van der Waals surface area contributed by atoms with Crippen LogP contribution in [0.15, 0.2) is 29.2 Å². The van der Waals surface area contributed by atoms with E-state index in [1.165, 1.54) is 37.8 Å². The molecule has 0 aliphatic heterocycles. The van der Waals surface area contributed by atoms with Gasteiger partial charge < -0.3 is 0 Å². The molecule has 1 saturated carbocycles. The van der Waals surface area contributed by atoms with Crippen LogP contribution < -0.4 is 4.72 Å². The maximum absolute atomic E-state index is 12.7. The molecule has 1 N–H and O–H groups in total. The van der Waals surface area contributed by atoms with E-state index in [1.54, 1.807) is 0 Å². The summed E-state index contributed by atoms with van der Waals surface area (Å²) in [5.41, 5.74) is 0. The third-order valence-corrected chi connectivity index (χ3v) is 4.92. The third kappa shape index (κ3) is 3.53. The van der Waals surface area contributed by atoms with Gasteiger partial charge in [0.05, 0.1) is 4.90 Å². The number of hydrogen-bond acceptors (Lipinski definition) is 2. The van der Waals surface area contributed by atoms with Crippen molar-refractivity contribution < 1.29 is 12.8 Å². The van der Waals surface area contributed by atoms with Crippen LogP contribution in [0.5, 0.6) is 0 Å². The molecule has 0 spiro atoms. The van der Waals surface area contributed by atoms with Crippen LogP contribution in [0.3, 0.4) is 0 Å². The summed E-state index contributed by atoms with van der Waals surface area (Å²) in [5.74, 6) is 0.223. The van der Waals surface area contributed by atoms with E-state index in [-0.39, 0.29) is 4.90 Å². The fourth-order valence-electron chi connectivity index (χ4n) is 2.39. The summed E-state index contributed by atoms with van der Waals surface area (Å²) in [4.78, 5) is 0.121. The van der Waals surface area contributed by atoms with Crippen molar-refractivity contribution in [2.75, 3.05) is 6.54 Å².